The third-order valence-electron chi connectivity index (χ3n) is 2.54. The van der Waals surface area contributed by atoms with Crippen molar-refractivity contribution in [2.45, 2.75) is 39.5 Å². The Labute approximate surface area is 106 Å². The standard InChI is InChI=1S/C11H18N4O3/c1-3-5-7-15(8-6-4-2)9(13-14-12)10-17-11(16)18-10/h3-8H2,1-2H3. The molecule has 1 aliphatic heterocycles. The van der Waals surface area contributed by atoms with Gasteiger partial charge in [0, 0.05) is 18.0 Å². The van der Waals surface area contributed by atoms with Crippen LogP contribution in [-0.2, 0) is 9.47 Å². The molecule has 7 heteroatoms. The SMILES string of the molecule is CCCCN(CCCC)C(N=[N+]=[N-])=C1OC(=O)O1. The van der Waals surface area contributed by atoms with Gasteiger partial charge in [0.25, 0.3) is 0 Å². The highest BCUT2D eigenvalue weighted by Gasteiger charge is 2.30. The highest BCUT2D eigenvalue weighted by Crippen LogP contribution is 2.24. The summed E-state index contributed by atoms with van der Waals surface area (Å²) in [5.74, 6) is 0.268. The summed E-state index contributed by atoms with van der Waals surface area (Å²) in [6.45, 7) is 5.65. The Morgan fingerprint density at radius 1 is 1.28 bits per heavy atom. The molecule has 0 aromatic carbocycles. The smallest absolute Gasteiger partial charge is 0.364 e. The minimum Gasteiger partial charge on any atom is -0.364 e. The Morgan fingerprint density at radius 2 is 1.83 bits per heavy atom. The van der Waals surface area contributed by atoms with E-state index in [4.69, 9.17) is 15.0 Å². The number of azide groups is 1. The van der Waals surface area contributed by atoms with Gasteiger partial charge in [-0.3, -0.25) is 0 Å². The molecule has 1 saturated heterocycles. The topological polar surface area (TPSA) is 87.5 Å². The van der Waals surface area contributed by atoms with Crippen molar-refractivity contribution >= 4 is 6.16 Å². The van der Waals surface area contributed by atoms with Gasteiger partial charge < -0.3 is 14.4 Å². The van der Waals surface area contributed by atoms with E-state index in [0.717, 1.165) is 38.8 Å². The molecule has 1 rings (SSSR count). The Balaban J connectivity index is 2.79. The van der Waals surface area contributed by atoms with Gasteiger partial charge in [0.2, 0.25) is 0 Å². The Morgan fingerprint density at radius 3 is 2.22 bits per heavy atom. The van der Waals surface area contributed by atoms with Crippen LogP contribution in [0.5, 0.6) is 0 Å². The van der Waals surface area contributed by atoms with Gasteiger partial charge in [-0.15, -0.1) is 0 Å². The molecule has 0 unspecified atom stereocenters. The molecule has 0 radical (unpaired) electrons. The van der Waals surface area contributed by atoms with Crippen LogP contribution in [0.2, 0.25) is 0 Å². The Hall–Kier alpha value is -1.88. The Bertz CT molecular complexity index is 356. The third-order valence-corrected chi connectivity index (χ3v) is 2.54. The maximum atomic E-state index is 10.6. The average Bonchev–Trinajstić information content (AvgIpc) is 2.33. The van der Waals surface area contributed by atoms with E-state index < -0.39 is 6.16 Å². The minimum atomic E-state index is -0.762. The lowest BCUT2D eigenvalue weighted by atomic mass is 10.2. The zero-order valence-corrected chi connectivity index (χ0v) is 10.8. The van der Waals surface area contributed by atoms with Crippen LogP contribution in [0, 0.1) is 0 Å². The molecule has 0 aliphatic carbocycles. The van der Waals surface area contributed by atoms with Crippen molar-refractivity contribution in [3.8, 4) is 0 Å². The van der Waals surface area contributed by atoms with Crippen molar-refractivity contribution in [2.24, 2.45) is 5.11 Å². The zero-order chi connectivity index (χ0) is 13.4. The predicted octanol–water partition coefficient (Wildman–Crippen LogP) is 3.49. The summed E-state index contributed by atoms with van der Waals surface area (Å²) in [4.78, 5) is 15.3. The number of unbranched alkanes of at least 4 members (excludes halogenated alkanes) is 2. The summed E-state index contributed by atoms with van der Waals surface area (Å²) in [7, 11) is 0. The molecule has 0 spiro atoms. The second-order valence-electron chi connectivity index (χ2n) is 3.95. The number of cyclic esters (lactones) is 2. The number of ether oxygens (including phenoxy) is 2. The minimum absolute atomic E-state index is 0.00464. The summed E-state index contributed by atoms with van der Waals surface area (Å²) in [5, 5.41) is 3.57. The molecule has 1 heterocycles. The van der Waals surface area contributed by atoms with Gasteiger partial charge >= 0.3 is 12.1 Å². The quantitative estimate of drug-likeness (QED) is 0.287. The molecule has 0 bridgehead atoms. The number of hydrogen-bond acceptors (Lipinski definition) is 5. The average molecular weight is 254 g/mol. The molecule has 0 saturated carbocycles. The van der Waals surface area contributed by atoms with E-state index in [1.165, 1.54) is 0 Å². The largest absolute Gasteiger partial charge is 0.524 e. The second-order valence-corrected chi connectivity index (χ2v) is 3.95. The third kappa shape index (κ3) is 3.85. The summed E-state index contributed by atoms with van der Waals surface area (Å²) < 4.78 is 9.41. The van der Waals surface area contributed by atoms with Crippen LogP contribution < -0.4 is 0 Å². The van der Waals surface area contributed by atoms with E-state index in [1.807, 2.05) is 4.90 Å². The van der Waals surface area contributed by atoms with Crippen LogP contribution in [-0.4, -0.2) is 24.1 Å². The van der Waals surface area contributed by atoms with Crippen molar-refractivity contribution in [2.75, 3.05) is 13.1 Å². The van der Waals surface area contributed by atoms with Crippen molar-refractivity contribution in [1.29, 1.82) is 0 Å². The molecular formula is C11H18N4O3. The van der Waals surface area contributed by atoms with E-state index in [1.54, 1.807) is 0 Å². The fourth-order valence-corrected chi connectivity index (χ4v) is 1.55. The Kier molecular flexibility index (Phi) is 5.87. The maximum Gasteiger partial charge on any atom is 0.524 e. The first-order chi connectivity index (χ1) is 8.72. The van der Waals surface area contributed by atoms with Gasteiger partial charge in [-0.2, -0.15) is 0 Å². The van der Waals surface area contributed by atoms with Gasteiger partial charge in [-0.1, -0.05) is 26.7 Å². The van der Waals surface area contributed by atoms with Gasteiger partial charge in [0.1, 0.15) is 0 Å². The maximum absolute atomic E-state index is 10.6. The molecule has 100 valence electrons. The van der Waals surface area contributed by atoms with Crippen molar-refractivity contribution in [1.82, 2.24) is 4.90 Å². The van der Waals surface area contributed by atoms with Crippen LogP contribution in [0.25, 0.3) is 10.4 Å². The predicted molar refractivity (Wildman–Crippen MR) is 65.1 cm³/mol. The first kappa shape index (κ1) is 14.2. The van der Waals surface area contributed by atoms with Crippen LogP contribution in [0.3, 0.4) is 0 Å². The molecule has 0 N–H and O–H groups in total. The van der Waals surface area contributed by atoms with E-state index in [0.29, 0.717) is 0 Å². The highest BCUT2D eigenvalue weighted by molar-refractivity contribution is 5.68. The number of nitrogens with zero attached hydrogens (tertiary/aromatic N) is 4. The zero-order valence-electron chi connectivity index (χ0n) is 10.8. The molecular weight excluding hydrogens is 236 g/mol. The highest BCUT2D eigenvalue weighted by atomic mass is 16.9. The molecule has 1 fully saturated rings. The fraction of sp³-hybridized carbons (Fsp3) is 0.727. The van der Waals surface area contributed by atoms with Crippen LogP contribution in [0.4, 0.5) is 4.79 Å². The normalized spacial score (nSPS) is 13.0. The first-order valence-corrected chi connectivity index (χ1v) is 6.16. The van der Waals surface area contributed by atoms with Gasteiger partial charge in [-0.25, -0.2) is 4.79 Å². The number of hydrogen-bond donors (Lipinski definition) is 0. The molecule has 0 atom stereocenters. The molecule has 0 amide bonds. The van der Waals surface area contributed by atoms with E-state index in [-0.39, 0.29) is 11.8 Å². The van der Waals surface area contributed by atoms with Gasteiger partial charge in [0.05, 0.1) is 0 Å². The van der Waals surface area contributed by atoms with Crippen molar-refractivity contribution in [3.63, 3.8) is 0 Å². The van der Waals surface area contributed by atoms with E-state index >= 15 is 0 Å². The van der Waals surface area contributed by atoms with Crippen molar-refractivity contribution in [3.05, 3.63) is 22.2 Å². The van der Waals surface area contributed by atoms with Crippen LogP contribution >= 0.6 is 0 Å². The van der Waals surface area contributed by atoms with Crippen molar-refractivity contribution < 1.29 is 14.3 Å². The van der Waals surface area contributed by atoms with E-state index in [9.17, 15) is 4.79 Å². The van der Waals surface area contributed by atoms with Gasteiger partial charge in [-0.05, 0) is 23.5 Å². The lowest BCUT2D eigenvalue weighted by Gasteiger charge is -2.27. The summed E-state index contributed by atoms with van der Waals surface area (Å²) >= 11 is 0. The lowest BCUT2D eigenvalue weighted by molar-refractivity contribution is -0.0343. The molecule has 7 nitrogen and oxygen atoms in total. The lowest BCUT2D eigenvalue weighted by Crippen LogP contribution is -2.31. The summed E-state index contributed by atoms with van der Waals surface area (Å²) in [5.41, 5.74) is 8.57. The second kappa shape index (κ2) is 7.45. The summed E-state index contributed by atoms with van der Waals surface area (Å²) in [6, 6.07) is 0. The monoisotopic (exact) mass is 254 g/mol. The molecule has 1 aliphatic rings. The van der Waals surface area contributed by atoms with Gasteiger partial charge in [0.15, 0.2) is 5.82 Å². The summed E-state index contributed by atoms with van der Waals surface area (Å²) in [6.07, 6.45) is 3.23. The molecule has 0 aromatic heterocycles. The molecule has 0 aromatic rings. The number of rotatable bonds is 8. The van der Waals surface area contributed by atoms with Crippen LogP contribution in [0.1, 0.15) is 39.5 Å². The van der Waals surface area contributed by atoms with Crippen LogP contribution in [0.15, 0.2) is 16.9 Å². The number of carbonyl (C=O) groups is 1. The fourth-order valence-electron chi connectivity index (χ4n) is 1.55. The number of carbonyl (C=O) groups excluding carboxylic acids is 1. The van der Waals surface area contributed by atoms with E-state index in [2.05, 4.69) is 23.9 Å². The molecule has 18 heavy (non-hydrogen) atoms. The first-order valence-electron chi connectivity index (χ1n) is 6.16.